The highest BCUT2D eigenvalue weighted by Crippen LogP contribution is 2.11. The van der Waals surface area contributed by atoms with E-state index in [1.807, 2.05) is 0 Å². The number of hydrogen-bond donors (Lipinski definition) is 1. The summed E-state index contributed by atoms with van der Waals surface area (Å²) in [7, 11) is -3.44. The lowest BCUT2D eigenvalue weighted by Gasteiger charge is -2.18. The van der Waals surface area contributed by atoms with Gasteiger partial charge >= 0.3 is 5.97 Å². The highest BCUT2D eigenvalue weighted by molar-refractivity contribution is 7.87. The molecule has 0 radical (unpaired) electrons. The maximum absolute atomic E-state index is 11.8. The average Bonchev–Trinajstić information content (AvgIpc) is 2.78. The number of carbonyl (C=O) groups is 1. The lowest BCUT2D eigenvalue weighted by atomic mass is 10.2. The van der Waals surface area contributed by atoms with Gasteiger partial charge in [-0.25, -0.2) is 4.72 Å². The fraction of sp³-hybridized carbons (Fsp3) is 0.909. The van der Waals surface area contributed by atoms with Gasteiger partial charge in [-0.15, -0.1) is 0 Å². The van der Waals surface area contributed by atoms with Gasteiger partial charge in [0.15, 0.2) is 0 Å². The third-order valence-corrected chi connectivity index (χ3v) is 4.31. The molecule has 1 N–H and O–H groups in total. The van der Waals surface area contributed by atoms with Crippen molar-refractivity contribution in [3.63, 3.8) is 0 Å². The minimum absolute atomic E-state index is 0.0738. The van der Waals surface area contributed by atoms with E-state index in [4.69, 9.17) is 4.74 Å². The van der Waals surface area contributed by atoms with Gasteiger partial charge in [0.25, 0.3) is 10.2 Å². The van der Waals surface area contributed by atoms with Gasteiger partial charge in [0.1, 0.15) is 0 Å². The molecular formula is C11H22N2O4S. The van der Waals surface area contributed by atoms with E-state index in [0.29, 0.717) is 13.1 Å². The van der Waals surface area contributed by atoms with Crippen molar-refractivity contribution in [2.45, 2.75) is 39.7 Å². The highest BCUT2D eigenvalue weighted by Gasteiger charge is 2.26. The summed E-state index contributed by atoms with van der Waals surface area (Å²) >= 11 is 0. The Morgan fingerprint density at radius 1 is 1.28 bits per heavy atom. The van der Waals surface area contributed by atoms with Crippen LogP contribution in [0.1, 0.15) is 33.6 Å². The maximum atomic E-state index is 11.8. The van der Waals surface area contributed by atoms with Gasteiger partial charge in [-0.2, -0.15) is 12.7 Å². The number of ether oxygens (including phenoxy) is 1. The van der Waals surface area contributed by atoms with Crippen molar-refractivity contribution < 1.29 is 17.9 Å². The van der Waals surface area contributed by atoms with Gasteiger partial charge in [0.2, 0.25) is 0 Å². The van der Waals surface area contributed by atoms with Gasteiger partial charge in [-0.05, 0) is 26.7 Å². The standard InChI is InChI=1S/C11H22N2O4S/c1-9(2)17-11(14)10(3)8-12-18(15,16)13-6-4-5-7-13/h9-10,12H,4-8H2,1-3H3. The van der Waals surface area contributed by atoms with E-state index in [1.165, 1.54) is 4.31 Å². The van der Waals surface area contributed by atoms with Gasteiger partial charge < -0.3 is 4.74 Å². The third-order valence-electron chi connectivity index (χ3n) is 2.73. The second kappa shape index (κ2) is 6.49. The Morgan fingerprint density at radius 3 is 2.33 bits per heavy atom. The van der Waals surface area contributed by atoms with Crippen LogP contribution in [0.2, 0.25) is 0 Å². The van der Waals surface area contributed by atoms with Gasteiger partial charge in [-0.1, -0.05) is 6.92 Å². The van der Waals surface area contributed by atoms with Gasteiger partial charge in [0, 0.05) is 19.6 Å². The van der Waals surface area contributed by atoms with Crippen molar-refractivity contribution in [3.05, 3.63) is 0 Å². The van der Waals surface area contributed by atoms with Crippen LogP contribution in [0.3, 0.4) is 0 Å². The van der Waals surface area contributed by atoms with Crippen LogP contribution in [0.5, 0.6) is 0 Å². The van der Waals surface area contributed by atoms with Crippen LogP contribution >= 0.6 is 0 Å². The quantitative estimate of drug-likeness (QED) is 0.718. The summed E-state index contributed by atoms with van der Waals surface area (Å²) in [5.41, 5.74) is 0. The summed E-state index contributed by atoms with van der Waals surface area (Å²) in [5.74, 6) is -0.862. The minimum atomic E-state index is -3.44. The fourth-order valence-electron chi connectivity index (χ4n) is 1.68. The summed E-state index contributed by atoms with van der Waals surface area (Å²) in [6.45, 7) is 6.36. The van der Waals surface area contributed by atoms with E-state index >= 15 is 0 Å². The molecule has 1 unspecified atom stereocenters. The summed E-state index contributed by atoms with van der Waals surface area (Å²) in [5, 5.41) is 0. The van der Waals surface area contributed by atoms with E-state index in [0.717, 1.165) is 12.8 Å². The fourth-order valence-corrected chi connectivity index (χ4v) is 3.06. The monoisotopic (exact) mass is 278 g/mol. The Labute approximate surface area is 109 Å². The topological polar surface area (TPSA) is 75.7 Å². The molecule has 0 aromatic rings. The van der Waals surface area contributed by atoms with E-state index in [2.05, 4.69) is 4.72 Å². The van der Waals surface area contributed by atoms with E-state index in [9.17, 15) is 13.2 Å². The number of esters is 1. The molecule has 0 amide bonds. The molecule has 0 saturated carbocycles. The highest BCUT2D eigenvalue weighted by atomic mass is 32.2. The molecule has 0 aromatic carbocycles. The van der Waals surface area contributed by atoms with Gasteiger partial charge in [-0.3, -0.25) is 4.79 Å². The van der Waals surface area contributed by atoms with Crippen LogP contribution in [0.25, 0.3) is 0 Å². The minimum Gasteiger partial charge on any atom is -0.463 e. The van der Waals surface area contributed by atoms with Crippen LogP contribution in [0.15, 0.2) is 0 Å². The Hall–Kier alpha value is -0.660. The summed E-state index contributed by atoms with van der Waals surface area (Å²) < 4.78 is 32.6. The van der Waals surface area contributed by atoms with Crippen molar-refractivity contribution in [1.29, 1.82) is 0 Å². The van der Waals surface area contributed by atoms with Crippen LogP contribution < -0.4 is 4.72 Å². The number of carbonyl (C=O) groups excluding carboxylic acids is 1. The van der Waals surface area contributed by atoms with Crippen molar-refractivity contribution in [3.8, 4) is 0 Å². The van der Waals surface area contributed by atoms with E-state index in [-0.39, 0.29) is 18.6 Å². The normalized spacial score (nSPS) is 19.1. The largest absolute Gasteiger partial charge is 0.463 e. The molecule has 0 aromatic heterocycles. The molecule has 0 bridgehead atoms. The predicted molar refractivity (Wildman–Crippen MR) is 68.1 cm³/mol. The molecule has 1 fully saturated rings. The summed E-state index contributed by atoms with van der Waals surface area (Å²) in [4.78, 5) is 11.5. The molecule has 0 spiro atoms. The lowest BCUT2D eigenvalue weighted by molar-refractivity contribution is -0.151. The van der Waals surface area contributed by atoms with Crippen molar-refractivity contribution >= 4 is 16.2 Å². The first-order valence-corrected chi connectivity index (χ1v) is 7.72. The molecule has 1 aliphatic heterocycles. The molecular weight excluding hydrogens is 256 g/mol. The Kier molecular flexibility index (Phi) is 5.55. The first-order chi connectivity index (χ1) is 8.33. The maximum Gasteiger partial charge on any atom is 0.310 e. The Bertz CT molecular complexity index is 375. The van der Waals surface area contributed by atoms with Crippen LogP contribution in [0.4, 0.5) is 0 Å². The Balaban J connectivity index is 2.41. The van der Waals surface area contributed by atoms with E-state index < -0.39 is 16.1 Å². The predicted octanol–water partition coefficient (Wildman–Crippen LogP) is 0.504. The third kappa shape index (κ3) is 4.55. The molecule has 1 saturated heterocycles. The van der Waals surface area contributed by atoms with Crippen LogP contribution in [-0.4, -0.2) is 44.4 Å². The lowest BCUT2D eigenvalue weighted by Crippen LogP contribution is -2.42. The molecule has 0 aliphatic carbocycles. The molecule has 7 heteroatoms. The zero-order valence-electron chi connectivity index (χ0n) is 11.2. The number of nitrogens with one attached hydrogen (secondary N) is 1. The summed E-state index contributed by atoms with van der Waals surface area (Å²) in [6.07, 6.45) is 1.60. The SMILES string of the molecule is CC(C)OC(=O)C(C)CNS(=O)(=O)N1CCCC1. The molecule has 1 rings (SSSR count). The van der Waals surface area contributed by atoms with Crippen molar-refractivity contribution in [2.75, 3.05) is 19.6 Å². The number of rotatable bonds is 6. The first kappa shape index (κ1) is 15.4. The molecule has 18 heavy (non-hydrogen) atoms. The zero-order valence-corrected chi connectivity index (χ0v) is 12.0. The smallest absolute Gasteiger partial charge is 0.310 e. The first-order valence-electron chi connectivity index (χ1n) is 6.28. The van der Waals surface area contributed by atoms with Crippen molar-refractivity contribution in [1.82, 2.24) is 9.03 Å². The molecule has 6 nitrogen and oxygen atoms in total. The molecule has 106 valence electrons. The zero-order chi connectivity index (χ0) is 13.8. The second-order valence-electron chi connectivity index (χ2n) is 4.85. The summed E-state index contributed by atoms with van der Waals surface area (Å²) in [6, 6.07) is 0. The second-order valence-corrected chi connectivity index (χ2v) is 6.60. The number of hydrogen-bond acceptors (Lipinski definition) is 4. The molecule has 1 atom stereocenters. The van der Waals surface area contributed by atoms with Crippen molar-refractivity contribution in [2.24, 2.45) is 5.92 Å². The van der Waals surface area contributed by atoms with Crippen LogP contribution in [0, 0.1) is 5.92 Å². The average molecular weight is 278 g/mol. The molecule has 1 aliphatic rings. The van der Waals surface area contributed by atoms with Gasteiger partial charge in [0.05, 0.1) is 12.0 Å². The number of nitrogens with zero attached hydrogens (tertiary/aromatic N) is 1. The molecule has 1 heterocycles. The Morgan fingerprint density at radius 2 is 1.83 bits per heavy atom. The van der Waals surface area contributed by atoms with E-state index in [1.54, 1.807) is 20.8 Å². The van der Waals surface area contributed by atoms with Crippen LogP contribution in [-0.2, 0) is 19.7 Å².